The Balaban J connectivity index is 2.63. The van der Waals surface area contributed by atoms with Crippen molar-refractivity contribution in [3.63, 3.8) is 0 Å². The molecule has 0 aromatic heterocycles. The highest BCUT2D eigenvalue weighted by Gasteiger charge is 2.32. The highest BCUT2D eigenvalue weighted by Crippen LogP contribution is 2.27. The van der Waals surface area contributed by atoms with E-state index >= 15 is 0 Å². The van der Waals surface area contributed by atoms with Crippen molar-refractivity contribution in [2.75, 3.05) is 0 Å². The Labute approximate surface area is 111 Å². The molecule has 0 radical (unpaired) electrons. The third kappa shape index (κ3) is 5.08. The summed E-state index contributed by atoms with van der Waals surface area (Å²) in [5, 5.41) is 12.4. The van der Waals surface area contributed by atoms with E-state index in [4.69, 9.17) is 0 Å². The normalized spacial score (nSPS) is 20.3. The van der Waals surface area contributed by atoms with Gasteiger partial charge in [0.15, 0.2) is 0 Å². The van der Waals surface area contributed by atoms with Gasteiger partial charge in [0.1, 0.15) is 5.54 Å². The molecular weight excluding hydrogens is 224 g/mol. The van der Waals surface area contributed by atoms with Crippen LogP contribution in [0.25, 0.3) is 0 Å². The first kappa shape index (κ1) is 15.0. The van der Waals surface area contributed by atoms with Crippen LogP contribution >= 0.6 is 0 Å². The number of nitriles is 1. The topological polar surface area (TPSA) is 52.9 Å². The van der Waals surface area contributed by atoms with Gasteiger partial charge in [0, 0.05) is 6.42 Å². The molecule has 102 valence electrons. The number of hydrogen-bond acceptors (Lipinski definition) is 2. The van der Waals surface area contributed by atoms with Gasteiger partial charge in [0.2, 0.25) is 5.91 Å². The van der Waals surface area contributed by atoms with Crippen molar-refractivity contribution in [1.29, 1.82) is 5.26 Å². The van der Waals surface area contributed by atoms with E-state index in [-0.39, 0.29) is 11.3 Å². The minimum atomic E-state index is -0.608. The van der Waals surface area contributed by atoms with Gasteiger partial charge in [-0.25, -0.2) is 0 Å². The first-order valence-electron chi connectivity index (χ1n) is 7.09. The van der Waals surface area contributed by atoms with Crippen LogP contribution < -0.4 is 5.32 Å². The number of amides is 1. The molecule has 0 unspecified atom stereocenters. The molecule has 1 aliphatic carbocycles. The highest BCUT2D eigenvalue weighted by atomic mass is 16.1. The number of rotatable bonds is 2. The smallest absolute Gasteiger partial charge is 0.221 e. The van der Waals surface area contributed by atoms with Gasteiger partial charge in [0.05, 0.1) is 6.07 Å². The Morgan fingerprint density at radius 2 is 1.67 bits per heavy atom. The van der Waals surface area contributed by atoms with E-state index in [2.05, 4.69) is 11.4 Å². The van der Waals surface area contributed by atoms with Gasteiger partial charge in [-0.15, -0.1) is 0 Å². The summed E-state index contributed by atoms with van der Waals surface area (Å²) in [7, 11) is 0. The molecule has 1 saturated carbocycles. The van der Waals surface area contributed by atoms with Crippen molar-refractivity contribution in [3.8, 4) is 6.07 Å². The number of carbonyl (C=O) groups is 1. The van der Waals surface area contributed by atoms with E-state index in [1.54, 1.807) is 0 Å². The molecule has 18 heavy (non-hydrogen) atoms. The Bertz CT molecular complexity index is 314. The van der Waals surface area contributed by atoms with Crippen LogP contribution in [0.5, 0.6) is 0 Å². The fourth-order valence-corrected chi connectivity index (χ4v) is 2.57. The molecular formula is C15H26N2O. The van der Waals surface area contributed by atoms with Crippen molar-refractivity contribution in [3.05, 3.63) is 0 Å². The number of hydrogen-bond donors (Lipinski definition) is 1. The molecule has 0 saturated heterocycles. The molecule has 0 heterocycles. The minimum absolute atomic E-state index is 0.0182. The number of carbonyl (C=O) groups excluding carboxylic acids is 1. The van der Waals surface area contributed by atoms with Crippen molar-refractivity contribution in [2.24, 2.45) is 5.41 Å². The van der Waals surface area contributed by atoms with Gasteiger partial charge in [-0.3, -0.25) is 4.79 Å². The monoisotopic (exact) mass is 250 g/mol. The second-order valence-corrected chi connectivity index (χ2v) is 6.75. The summed E-state index contributed by atoms with van der Waals surface area (Å²) in [6, 6.07) is 2.37. The predicted octanol–water partition coefficient (Wildman–Crippen LogP) is 3.55. The molecule has 0 atom stereocenters. The molecule has 0 aromatic rings. The lowest BCUT2D eigenvalue weighted by Crippen LogP contribution is -2.48. The van der Waals surface area contributed by atoms with Crippen LogP contribution in [0.3, 0.4) is 0 Å². The van der Waals surface area contributed by atoms with Crippen molar-refractivity contribution in [1.82, 2.24) is 5.32 Å². The third-order valence-corrected chi connectivity index (χ3v) is 3.49. The van der Waals surface area contributed by atoms with E-state index < -0.39 is 5.54 Å². The Hall–Kier alpha value is -1.04. The summed E-state index contributed by atoms with van der Waals surface area (Å²) >= 11 is 0. The first-order valence-corrected chi connectivity index (χ1v) is 7.09. The van der Waals surface area contributed by atoms with Crippen LogP contribution in [0.1, 0.15) is 72.1 Å². The van der Waals surface area contributed by atoms with Crippen LogP contribution in [0.15, 0.2) is 0 Å². The quantitative estimate of drug-likeness (QED) is 0.815. The van der Waals surface area contributed by atoms with Crippen molar-refractivity contribution in [2.45, 2.75) is 77.7 Å². The molecule has 1 fully saturated rings. The van der Waals surface area contributed by atoms with E-state index in [0.717, 1.165) is 25.7 Å². The molecule has 3 nitrogen and oxygen atoms in total. The van der Waals surface area contributed by atoms with Crippen LogP contribution in [0, 0.1) is 16.7 Å². The predicted molar refractivity (Wildman–Crippen MR) is 72.9 cm³/mol. The lowest BCUT2D eigenvalue weighted by Gasteiger charge is -2.31. The van der Waals surface area contributed by atoms with Crippen LogP contribution in [0.4, 0.5) is 0 Å². The average Bonchev–Trinajstić information content (AvgIpc) is 2.19. The van der Waals surface area contributed by atoms with Gasteiger partial charge in [-0.05, 0) is 18.3 Å². The minimum Gasteiger partial charge on any atom is -0.338 e. The maximum absolute atomic E-state index is 12.0. The molecule has 1 rings (SSSR count). The summed E-state index contributed by atoms with van der Waals surface area (Å²) in [4.78, 5) is 12.0. The van der Waals surface area contributed by atoms with Crippen molar-refractivity contribution >= 4 is 5.91 Å². The number of nitrogens with one attached hydrogen (secondary N) is 1. The molecule has 1 amide bonds. The maximum Gasteiger partial charge on any atom is 0.221 e. The second-order valence-electron chi connectivity index (χ2n) is 6.75. The molecule has 3 heteroatoms. The van der Waals surface area contributed by atoms with Gasteiger partial charge in [-0.2, -0.15) is 5.26 Å². The van der Waals surface area contributed by atoms with Crippen LogP contribution in [-0.2, 0) is 4.79 Å². The van der Waals surface area contributed by atoms with Crippen LogP contribution in [0.2, 0.25) is 0 Å². The summed E-state index contributed by atoms with van der Waals surface area (Å²) in [5.74, 6) is 0.0182. The molecule has 1 N–H and O–H groups in total. The maximum atomic E-state index is 12.0. The van der Waals surface area contributed by atoms with E-state index in [9.17, 15) is 10.1 Å². The molecule has 0 aliphatic heterocycles. The zero-order chi connectivity index (χ0) is 13.6. The summed E-state index contributed by atoms with van der Waals surface area (Å²) in [5.41, 5.74) is -0.634. The van der Waals surface area contributed by atoms with Crippen LogP contribution in [-0.4, -0.2) is 11.4 Å². The fourth-order valence-electron chi connectivity index (χ4n) is 2.57. The second kappa shape index (κ2) is 6.22. The van der Waals surface area contributed by atoms with Gasteiger partial charge in [-0.1, -0.05) is 52.9 Å². The first-order chi connectivity index (χ1) is 8.37. The zero-order valence-electron chi connectivity index (χ0n) is 12.0. The standard InChI is InChI=1S/C15H26N2O/c1-14(2,3)11-13(18)17-15(12-16)9-7-5-4-6-8-10-15/h4-11H2,1-3H3,(H,17,18). The zero-order valence-corrected chi connectivity index (χ0v) is 12.0. The van der Waals surface area contributed by atoms with Gasteiger partial charge >= 0.3 is 0 Å². The molecule has 1 aliphatic rings. The van der Waals surface area contributed by atoms with E-state index in [0.29, 0.717) is 6.42 Å². The van der Waals surface area contributed by atoms with E-state index in [1.807, 2.05) is 20.8 Å². The van der Waals surface area contributed by atoms with Gasteiger partial charge < -0.3 is 5.32 Å². The summed E-state index contributed by atoms with van der Waals surface area (Å²) < 4.78 is 0. The molecule has 0 spiro atoms. The SMILES string of the molecule is CC(C)(C)CC(=O)NC1(C#N)CCCCCCC1. The Morgan fingerprint density at radius 3 is 2.11 bits per heavy atom. The number of nitrogens with zero attached hydrogens (tertiary/aromatic N) is 1. The lowest BCUT2D eigenvalue weighted by molar-refractivity contribution is -0.124. The fraction of sp³-hybridized carbons (Fsp3) is 0.867. The third-order valence-electron chi connectivity index (χ3n) is 3.49. The van der Waals surface area contributed by atoms with Crippen molar-refractivity contribution < 1.29 is 4.79 Å². The Morgan fingerprint density at radius 1 is 1.17 bits per heavy atom. The largest absolute Gasteiger partial charge is 0.338 e. The molecule has 0 bridgehead atoms. The highest BCUT2D eigenvalue weighted by molar-refractivity contribution is 5.77. The van der Waals surface area contributed by atoms with Gasteiger partial charge in [0.25, 0.3) is 0 Å². The summed E-state index contributed by atoms with van der Waals surface area (Å²) in [6.07, 6.45) is 7.80. The summed E-state index contributed by atoms with van der Waals surface area (Å²) in [6.45, 7) is 6.14. The van der Waals surface area contributed by atoms with E-state index in [1.165, 1.54) is 19.3 Å². The average molecular weight is 250 g/mol. The molecule has 0 aromatic carbocycles. The lowest BCUT2D eigenvalue weighted by atomic mass is 9.84. The Kier molecular flexibility index (Phi) is 5.19.